The SMILES string of the molecule is COc1cccc(OC)c1C(=O)NC(=O)Nc1ccc(-c2cccc(C(F)(F)F)c2)cn1. The van der Waals surface area contributed by atoms with E-state index >= 15 is 0 Å². The number of halogens is 3. The molecule has 0 fully saturated rings. The highest BCUT2D eigenvalue weighted by Gasteiger charge is 2.30. The minimum absolute atomic E-state index is 0.0421. The van der Waals surface area contributed by atoms with E-state index in [4.69, 9.17) is 9.47 Å². The molecule has 0 bridgehead atoms. The number of ether oxygens (including phenoxy) is 2. The third-order valence-corrected chi connectivity index (χ3v) is 4.41. The molecule has 7 nitrogen and oxygen atoms in total. The number of aromatic nitrogens is 1. The average Bonchev–Trinajstić information content (AvgIpc) is 2.78. The van der Waals surface area contributed by atoms with Crippen molar-refractivity contribution in [2.75, 3.05) is 19.5 Å². The van der Waals surface area contributed by atoms with Crippen molar-refractivity contribution in [3.05, 3.63) is 71.9 Å². The fourth-order valence-corrected chi connectivity index (χ4v) is 2.90. The van der Waals surface area contributed by atoms with Crippen LogP contribution in [0, 0.1) is 0 Å². The number of imide groups is 1. The van der Waals surface area contributed by atoms with Gasteiger partial charge in [-0.1, -0.05) is 18.2 Å². The number of carbonyl (C=O) groups excluding carboxylic acids is 2. The Morgan fingerprint density at radius 1 is 0.906 bits per heavy atom. The molecule has 0 unspecified atom stereocenters. The number of hydrogen-bond donors (Lipinski definition) is 2. The van der Waals surface area contributed by atoms with Gasteiger partial charge >= 0.3 is 12.2 Å². The molecule has 2 aromatic carbocycles. The molecule has 3 aromatic rings. The molecule has 0 saturated heterocycles. The molecule has 0 atom stereocenters. The maximum absolute atomic E-state index is 12.9. The quantitative estimate of drug-likeness (QED) is 0.592. The number of nitrogens with one attached hydrogen (secondary N) is 2. The number of rotatable bonds is 5. The summed E-state index contributed by atoms with van der Waals surface area (Å²) in [5.41, 5.74) is 0.0148. The molecule has 3 amide bonds. The van der Waals surface area contributed by atoms with Crippen molar-refractivity contribution in [3.8, 4) is 22.6 Å². The van der Waals surface area contributed by atoms with Gasteiger partial charge in [0.2, 0.25) is 0 Å². The van der Waals surface area contributed by atoms with E-state index in [1.54, 1.807) is 18.2 Å². The highest BCUT2D eigenvalue weighted by Crippen LogP contribution is 2.32. The van der Waals surface area contributed by atoms with Crippen molar-refractivity contribution in [1.29, 1.82) is 0 Å². The third-order valence-electron chi connectivity index (χ3n) is 4.41. The van der Waals surface area contributed by atoms with Crippen LogP contribution in [0.2, 0.25) is 0 Å². The van der Waals surface area contributed by atoms with Crippen LogP contribution in [0.4, 0.5) is 23.8 Å². The highest BCUT2D eigenvalue weighted by molar-refractivity contribution is 6.10. The molecule has 10 heteroatoms. The second-order valence-electron chi connectivity index (χ2n) is 6.46. The zero-order valence-electron chi connectivity index (χ0n) is 17.0. The number of alkyl halides is 3. The Hall–Kier alpha value is -4.08. The molecule has 0 saturated carbocycles. The van der Waals surface area contributed by atoms with Crippen LogP contribution in [-0.2, 0) is 6.18 Å². The molecular weight excluding hydrogens is 427 g/mol. The van der Waals surface area contributed by atoms with E-state index in [1.165, 1.54) is 44.7 Å². The van der Waals surface area contributed by atoms with E-state index in [-0.39, 0.29) is 22.9 Å². The lowest BCUT2D eigenvalue weighted by molar-refractivity contribution is -0.137. The lowest BCUT2D eigenvalue weighted by Gasteiger charge is -2.13. The first-order valence-corrected chi connectivity index (χ1v) is 9.20. The second-order valence-corrected chi connectivity index (χ2v) is 6.46. The van der Waals surface area contributed by atoms with Gasteiger partial charge in [-0.2, -0.15) is 13.2 Å². The molecule has 0 aliphatic heterocycles. The third kappa shape index (κ3) is 5.15. The van der Waals surface area contributed by atoms with Crippen molar-refractivity contribution in [2.45, 2.75) is 6.18 Å². The van der Waals surface area contributed by atoms with Crippen LogP contribution < -0.4 is 20.1 Å². The normalized spacial score (nSPS) is 10.9. The molecule has 0 aliphatic rings. The molecule has 1 heterocycles. The summed E-state index contributed by atoms with van der Waals surface area (Å²) in [6.45, 7) is 0. The molecular formula is C22H18F3N3O4. The Kier molecular flexibility index (Phi) is 6.62. The molecule has 32 heavy (non-hydrogen) atoms. The van der Waals surface area contributed by atoms with Gasteiger partial charge in [-0.25, -0.2) is 9.78 Å². The maximum atomic E-state index is 12.9. The van der Waals surface area contributed by atoms with Crippen molar-refractivity contribution in [1.82, 2.24) is 10.3 Å². The van der Waals surface area contributed by atoms with Gasteiger partial charge < -0.3 is 9.47 Å². The molecule has 166 valence electrons. The Morgan fingerprint density at radius 3 is 2.12 bits per heavy atom. The molecule has 3 rings (SSSR count). The van der Waals surface area contributed by atoms with Crippen LogP contribution >= 0.6 is 0 Å². The minimum atomic E-state index is -4.46. The van der Waals surface area contributed by atoms with Gasteiger partial charge in [0.1, 0.15) is 22.9 Å². The Bertz CT molecular complexity index is 1110. The van der Waals surface area contributed by atoms with Crippen LogP contribution in [0.15, 0.2) is 60.8 Å². The van der Waals surface area contributed by atoms with E-state index in [0.717, 1.165) is 12.1 Å². The number of urea groups is 1. The molecule has 0 spiro atoms. The van der Waals surface area contributed by atoms with Crippen molar-refractivity contribution < 1.29 is 32.2 Å². The Labute approximate surface area is 181 Å². The van der Waals surface area contributed by atoms with Gasteiger partial charge in [0.15, 0.2) is 0 Å². The van der Waals surface area contributed by atoms with Gasteiger partial charge in [0.25, 0.3) is 5.91 Å². The Morgan fingerprint density at radius 2 is 1.56 bits per heavy atom. The number of anilines is 1. The van der Waals surface area contributed by atoms with Gasteiger partial charge in [0.05, 0.1) is 19.8 Å². The summed E-state index contributed by atoms with van der Waals surface area (Å²) in [6.07, 6.45) is -3.14. The van der Waals surface area contributed by atoms with Gasteiger partial charge in [-0.05, 0) is 42.0 Å². The summed E-state index contributed by atoms with van der Waals surface area (Å²) >= 11 is 0. The van der Waals surface area contributed by atoms with Crippen molar-refractivity contribution in [3.63, 3.8) is 0 Å². The first-order valence-electron chi connectivity index (χ1n) is 9.20. The van der Waals surface area contributed by atoms with Crippen LogP contribution in [-0.4, -0.2) is 31.1 Å². The van der Waals surface area contributed by atoms with E-state index in [2.05, 4.69) is 15.6 Å². The molecule has 0 aliphatic carbocycles. The first-order chi connectivity index (χ1) is 15.2. The molecule has 2 N–H and O–H groups in total. The predicted octanol–water partition coefficient (Wildman–Crippen LogP) is 4.75. The van der Waals surface area contributed by atoms with Crippen LogP contribution in [0.5, 0.6) is 11.5 Å². The van der Waals surface area contributed by atoms with Gasteiger partial charge in [0, 0.05) is 11.8 Å². The molecule has 0 radical (unpaired) electrons. The summed E-state index contributed by atoms with van der Waals surface area (Å²) in [6, 6.07) is 11.6. The standard InChI is InChI=1S/C22H18F3N3O4/c1-31-16-7-4-8-17(32-2)19(16)20(29)28-21(30)27-18-10-9-14(12-26-18)13-5-3-6-15(11-13)22(23,24)25/h3-12H,1-2H3,(H2,26,27,28,29,30). The van der Waals surface area contributed by atoms with E-state index in [9.17, 15) is 22.8 Å². The lowest BCUT2D eigenvalue weighted by atomic mass is 10.0. The topological polar surface area (TPSA) is 89.5 Å². The average molecular weight is 445 g/mol. The lowest BCUT2D eigenvalue weighted by Crippen LogP contribution is -2.35. The van der Waals surface area contributed by atoms with Crippen LogP contribution in [0.3, 0.4) is 0 Å². The predicted molar refractivity (Wildman–Crippen MR) is 111 cm³/mol. The first kappa shape index (κ1) is 22.6. The fraction of sp³-hybridized carbons (Fsp3) is 0.136. The fourth-order valence-electron chi connectivity index (χ4n) is 2.90. The number of methoxy groups -OCH3 is 2. The van der Waals surface area contributed by atoms with E-state index < -0.39 is 23.7 Å². The minimum Gasteiger partial charge on any atom is -0.496 e. The highest BCUT2D eigenvalue weighted by atomic mass is 19.4. The summed E-state index contributed by atoms with van der Waals surface area (Å²) in [7, 11) is 2.75. The largest absolute Gasteiger partial charge is 0.496 e. The van der Waals surface area contributed by atoms with Crippen LogP contribution in [0.25, 0.3) is 11.1 Å². The van der Waals surface area contributed by atoms with Crippen molar-refractivity contribution >= 4 is 17.8 Å². The van der Waals surface area contributed by atoms with E-state index in [0.29, 0.717) is 11.1 Å². The van der Waals surface area contributed by atoms with Crippen LogP contribution in [0.1, 0.15) is 15.9 Å². The summed E-state index contributed by atoms with van der Waals surface area (Å²) in [4.78, 5) is 28.7. The number of carbonyl (C=O) groups is 2. The summed E-state index contributed by atoms with van der Waals surface area (Å²) in [5.74, 6) is -0.216. The number of pyridine rings is 1. The molecule has 1 aromatic heterocycles. The number of nitrogens with zero attached hydrogens (tertiary/aromatic N) is 1. The number of hydrogen-bond acceptors (Lipinski definition) is 5. The maximum Gasteiger partial charge on any atom is 0.416 e. The second kappa shape index (κ2) is 9.38. The smallest absolute Gasteiger partial charge is 0.416 e. The van der Waals surface area contributed by atoms with Gasteiger partial charge in [-0.3, -0.25) is 15.4 Å². The zero-order valence-corrected chi connectivity index (χ0v) is 17.0. The number of amides is 3. The summed E-state index contributed by atoms with van der Waals surface area (Å²) < 4.78 is 49.0. The number of benzene rings is 2. The Balaban J connectivity index is 1.70. The van der Waals surface area contributed by atoms with E-state index in [1.807, 2.05) is 0 Å². The van der Waals surface area contributed by atoms with Gasteiger partial charge in [-0.15, -0.1) is 0 Å². The van der Waals surface area contributed by atoms with Crippen molar-refractivity contribution in [2.24, 2.45) is 0 Å². The monoisotopic (exact) mass is 445 g/mol. The summed E-state index contributed by atoms with van der Waals surface area (Å²) in [5, 5.41) is 4.54. The zero-order chi connectivity index (χ0) is 23.3.